The third-order valence-electron chi connectivity index (χ3n) is 2.47. The molecule has 0 aromatic carbocycles. The highest BCUT2D eigenvalue weighted by atomic mass is 16.4. The molecule has 0 amide bonds. The molecule has 0 atom stereocenters. The number of carboxylic acid groups (broad SMARTS) is 1. The molecule has 88 valence electrons. The molecule has 4 nitrogen and oxygen atoms in total. The zero-order chi connectivity index (χ0) is 12.0. The van der Waals surface area contributed by atoms with Crippen LogP contribution < -0.4 is 5.32 Å². The highest BCUT2D eigenvalue weighted by molar-refractivity contribution is 5.79. The lowest BCUT2D eigenvalue weighted by Gasteiger charge is -2.23. The van der Waals surface area contributed by atoms with E-state index in [-0.39, 0.29) is 5.41 Å². The monoisotopic (exact) mass is 222 g/mol. The van der Waals surface area contributed by atoms with Gasteiger partial charge in [-0.3, -0.25) is 0 Å². The summed E-state index contributed by atoms with van der Waals surface area (Å²) in [7, 11) is 0. The fraction of sp³-hybridized carbons (Fsp3) is 0.417. The molecule has 0 fully saturated rings. The van der Waals surface area contributed by atoms with E-state index in [1.807, 2.05) is 12.4 Å². The van der Waals surface area contributed by atoms with Crippen molar-refractivity contribution < 1.29 is 9.90 Å². The molecule has 1 rings (SSSR count). The first kappa shape index (κ1) is 12.5. The van der Waals surface area contributed by atoms with Gasteiger partial charge in [0.05, 0.1) is 0 Å². The van der Waals surface area contributed by atoms with Crippen LogP contribution in [0, 0.1) is 0 Å². The molecule has 0 aliphatic carbocycles. The SMILES string of the molecule is CC(C)(CNC/C=C/C(=O)O)c1cc[nH]c1. The molecule has 0 saturated carbocycles. The Bertz CT molecular complexity index is 353. The number of aliphatic carboxylic acids is 1. The van der Waals surface area contributed by atoms with Gasteiger partial charge in [-0.05, 0) is 11.6 Å². The molecule has 0 bridgehead atoms. The van der Waals surface area contributed by atoms with E-state index in [0.29, 0.717) is 6.54 Å². The summed E-state index contributed by atoms with van der Waals surface area (Å²) in [5.41, 5.74) is 1.28. The van der Waals surface area contributed by atoms with Gasteiger partial charge in [0.2, 0.25) is 0 Å². The third kappa shape index (κ3) is 3.90. The maximum Gasteiger partial charge on any atom is 0.328 e. The van der Waals surface area contributed by atoms with Crippen LogP contribution in [-0.2, 0) is 10.2 Å². The molecule has 16 heavy (non-hydrogen) atoms. The van der Waals surface area contributed by atoms with E-state index in [9.17, 15) is 4.79 Å². The summed E-state index contributed by atoms with van der Waals surface area (Å²) in [6, 6.07) is 2.05. The number of aromatic amines is 1. The molecule has 3 N–H and O–H groups in total. The summed E-state index contributed by atoms with van der Waals surface area (Å²) in [5, 5.41) is 11.6. The van der Waals surface area contributed by atoms with Crippen molar-refractivity contribution in [2.24, 2.45) is 0 Å². The lowest BCUT2D eigenvalue weighted by Crippen LogP contribution is -2.32. The van der Waals surface area contributed by atoms with E-state index < -0.39 is 5.97 Å². The quantitative estimate of drug-likeness (QED) is 0.505. The van der Waals surface area contributed by atoms with Crippen molar-refractivity contribution >= 4 is 5.97 Å². The van der Waals surface area contributed by atoms with Gasteiger partial charge in [-0.15, -0.1) is 0 Å². The second-order valence-corrected chi connectivity index (χ2v) is 4.36. The molecule has 1 aromatic heterocycles. The van der Waals surface area contributed by atoms with Gasteiger partial charge < -0.3 is 15.4 Å². The molecular formula is C12H18N2O2. The fourth-order valence-electron chi connectivity index (χ4n) is 1.47. The summed E-state index contributed by atoms with van der Waals surface area (Å²) in [5.74, 6) is -0.910. The van der Waals surface area contributed by atoms with Crippen LogP contribution in [0.15, 0.2) is 30.6 Å². The first-order chi connectivity index (χ1) is 7.52. The van der Waals surface area contributed by atoms with Crippen LogP contribution in [0.2, 0.25) is 0 Å². The predicted molar refractivity (Wildman–Crippen MR) is 63.5 cm³/mol. The van der Waals surface area contributed by atoms with Crippen molar-refractivity contribution in [1.82, 2.24) is 10.3 Å². The van der Waals surface area contributed by atoms with Crippen molar-refractivity contribution in [2.45, 2.75) is 19.3 Å². The second kappa shape index (κ2) is 5.51. The highest BCUT2D eigenvalue weighted by Crippen LogP contribution is 2.21. The number of rotatable bonds is 6. The van der Waals surface area contributed by atoms with Crippen molar-refractivity contribution in [3.05, 3.63) is 36.2 Å². The summed E-state index contributed by atoms with van der Waals surface area (Å²) in [6.07, 6.45) is 6.64. The molecule has 0 aliphatic heterocycles. The Morgan fingerprint density at radius 2 is 2.38 bits per heavy atom. The average molecular weight is 222 g/mol. The Morgan fingerprint density at radius 1 is 1.62 bits per heavy atom. The van der Waals surface area contributed by atoms with E-state index in [1.165, 1.54) is 5.56 Å². The Balaban J connectivity index is 2.35. The van der Waals surface area contributed by atoms with Crippen LogP contribution in [-0.4, -0.2) is 29.1 Å². The second-order valence-electron chi connectivity index (χ2n) is 4.36. The van der Waals surface area contributed by atoms with E-state index in [4.69, 9.17) is 5.11 Å². The van der Waals surface area contributed by atoms with E-state index in [2.05, 4.69) is 30.2 Å². The van der Waals surface area contributed by atoms with Gasteiger partial charge in [-0.2, -0.15) is 0 Å². The van der Waals surface area contributed by atoms with Crippen molar-refractivity contribution in [2.75, 3.05) is 13.1 Å². The number of hydrogen-bond donors (Lipinski definition) is 3. The van der Waals surface area contributed by atoms with Gasteiger partial charge in [0.1, 0.15) is 0 Å². The van der Waals surface area contributed by atoms with Crippen LogP contribution in [0.4, 0.5) is 0 Å². The Morgan fingerprint density at radius 3 is 2.94 bits per heavy atom. The van der Waals surface area contributed by atoms with Crippen LogP contribution in [0.25, 0.3) is 0 Å². The maximum atomic E-state index is 10.2. The van der Waals surface area contributed by atoms with Gasteiger partial charge in [0.15, 0.2) is 0 Å². The van der Waals surface area contributed by atoms with Crippen molar-refractivity contribution in [3.63, 3.8) is 0 Å². The number of H-pyrrole nitrogens is 1. The molecule has 1 aromatic rings. The minimum absolute atomic E-state index is 0.0388. The lowest BCUT2D eigenvalue weighted by atomic mass is 9.86. The highest BCUT2D eigenvalue weighted by Gasteiger charge is 2.19. The first-order valence-corrected chi connectivity index (χ1v) is 5.26. The summed E-state index contributed by atoms with van der Waals surface area (Å²) in [6.45, 7) is 5.66. The van der Waals surface area contributed by atoms with Gasteiger partial charge in [0, 0.05) is 37.0 Å². The number of aromatic nitrogens is 1. The smallest absolute Gasteiger partial charge is 0.328 e. The normalized spacial score (nSPS) is 12.1. The van der Waals surface area contributed by atoms with Crippen molar-refractivity contribution in [1.29, 1.82) is 0 Å². The number of carbonyl (C=O) groups is 1. The summed E-state index contributed by atoms with van der Waals surface area (Å²) >= 11 is 0. The predicted octanol–water partition coefficient (Wildman–Crippen LogP) is 1.52. The largest absolute Gasteiger partial charge is 0.478 e. The molecule has 1 heterocycles. The van der Waals surface area contributed by atoms with Gasteiger partial charge in [-0.25, -0.2) is 4.79 Å². The number of nitrogens with one attached hydrogen (secondary N) is 2. The lowest BCUT2D eigenvalue weighted by molar-refractivity contribution is -0.131. The third-order valence-corrected chi connectivity index (χ3v) is 2.47. The Kier molecular flexibility index (Phi) is 4.31. The molecular weight excluding hydrogens is 204 g/mol. The number of carboxylic acids is 1. The van der Waals surface area contributed by atoms with E-state index >= 15 is 0 Å². The number of hydrogen-bond acceptors (Lipinski definition) is 2. The van der Waals surface area contributed by atoms with Gasteiger partial charge in [-0.1, -0.05) is 19.9 Å². The van der Waals surface area contributed by atoms with E-state index in [0.717, 1.165) is 12.6 Å². The van der Waals surface area contributed by atoms with Crippen LogP contribution in [0.5, 0.6) is 0 Å². The summed E-state index contributed by atoms with van der Waals surface area (Å²) < 4.78 is 0. The van der Waals surface area contributed by atoms with Crippen LogP contribution >= 0.6 is 0 Å². The zero-order valence-electron chi connectivity index (χ0n) is 9.66. The molecule has 0 unspecified atom stereocenters. The average Bonchev–Trinajstić information content (AvgIpc) is 2.69. The topological polar surface area (TPSA) is 65.1 Å². The van der Waals surface area contributed by atoms with Crippen molar-refractivity contribution in [3.8, 4) is 0 Å². The molecule has 0 radical (unpaired) electrons. The standard InChI is InChI=1S/C12H18N2O2/c1-12(2,10-5-7-13-8-10)9-14-6-3-4-11(15)16/h3-5,7-8,13-14H,6,9H2,1-2H3,(H,15,16)/b4-3+. The van der Waals surface area contributed by atoms with Gasteiger partial charge >= 0.3 is 5.97 Å². The minimum atomic E-state index is -0.910. The van der Waals surface area contributed by atoms with E-state index in [1.54, 1.807) is 6.08 Å². The van der Waals surface area contributed by atoms with Crippen LogP contribution in [0.3, 0.4) is 0 Å². The Hall–Kier alpha value is -1.55. The molecule has 0 saturated heterocycles. The molecule has 0 aliphatic rings. The molecule has 0 spiro atoms. The maximum absolute atomic E-state index is 10.2. The minimum Gasteiger partial charge on any atom is -0.478 e. The first-order valence-electron chi connectivity index (χ1n) is 5.26. The summed E-state index contributed by atoms with van der Waals surface area (Å²) in [4.78, 5) is 13.3. The van der Waals surface area contributed by atoms with Crippen LogP contribution in [0.1, 0.15) is 19.4 Å². The Labute approximate surface area is 95.4 Å². The molecule has 4 heteroatoms. The van der Waals surface area contributed by atoms with Gasteiger partial charge in [0.25, 0.3) is 0 Å². The zero-order valence-corrected chi connectivity index (χ0v) is 9.66. The fourth-order valence-corrected chi connectivity index (χ4v) is 1.47.